The van der Waals surface area contributed by atoms with Crippen LogP contribution in [0.15, 0.2) is 25.0 Å². The normalized spacial score (nSPS) is 28.4. The van der Waals surface area contributed by atoms with Gasteiger partial charge in [-0.25, -0.2) is 0 Å². The van der Waals surface area contributed by atoms with Gasteiger partial charge in [0.25, 0.3) is 0 Å². The second-order valence-electron chi connectivity index (χ2n) is 12.5. The number of fused-ring (bicyclic) bond motifs is 5. The van der Waals surface area contributed by atoms with Gasteiger partial charge in [-0.1, -0.05) is 0 Å². The van der Waals surface area contributed by atoms with E-state index in [4.69, 9.17) is 9.84 Å². The van der Waals surface area contributed by atoms with E-state index in [1.54, 1.807) is 21.0 Å². The third-order valence-corrected chi connectivity index (χ3v) is 26.2. The molecular weight excluding hydrogens is 563 g/mol. The maximum atomic E-state index is 10.8. The molecule has 2 N–H and O–H groups in total. The molecule has 1 aromatic carbocycles. The number of rotatable bonds is 12. The minimum Gasteiger partial charge on any atom is -0.400 e. The molecule has 3 aliphatic rings. The molecule has 0 heterocycles. The topological polar surface area (TPSA) is 49.7 Å². The van der Waals surface area contributed by atoms with Crippen LogP contribution in [0.4, 0.5) is 0 Å². The number of aliphatic hydroxyl groups is 2. The molecule has 0 spiro atoms. The summed E-state index contributed by atoms with van der Waals surface area (Å²) in [5, 5.41) is 17.8. The Labute approximate surface area is 232 Å². The smallest absolute Gasteiger partial charge is 0.0319 e. The standard InChI is InChI=1S/C20H25O2.3C4H9.CH4O.Sn/c1-3-22-14-5-7-15-13(12-14)4-6-17-16(15)10-11-20(2)18(17)8-9-19(20)21;3*1-3-4-2;1-2;/h3,7,12,16-19,21H,1,4,6,8-11H2,2H3;3*1,3-4H2,2H3;2H,1H3;/t16-,17-,18+,19-,20+;;;;;/m1...../s1. The summed E-state index contributed by atoms with van der Waals surface area (Å²) >= 11 is -2.67. The Balaban J connectivity index is 0.00000186. The second kappa shape index (κ2) is 14.2. The van der Waals surface area contributed by atoms with Gasteiger partial charge in [-0.2, -0.15) is 0 Å². The fourth-order valence-corrected chi connectivity index (χ4v) is 24.9. The van der Waals surface area contributed by atoms with Gasteiger partial charge in [-0.3, -0.25) is 0 Å². The molecule has 3 aliphatic carbocycles. The molecule has 0 aromatic heterocycles. The zero-order valence-electron chi connectivity index (χ0n) is 24.7. The predicted octanol–water partition coefficient (Wildman–Crippen LogP) is 8.09. The maximum Gasteiger partial charge on any atom is 0.0319 e. The van der Waals surface area contributed by atoms with Crippen molar-refractivity contribution in [1.29, 1.82) is 0 Å². The van der Waals surface area contributed by atoms with Gasteiger partial charge in [-0.15, -0.1) is 0 Å². The van der Waals surface area contributed by atoms with Crippen LogP contribution in [0.1, 0.15) is 115 Å². The molecule has 5 atom stereocenters. The van der Waals surface area contributed by atoms with Gasteiger partial charge in [0, 0.05) is 7.11 Å². The van der Waals surface area contributed by atoms with Crippen LogP contribution in [0.2, 0.25) is 13.3 Å². The van der Waals surface area contributed by atoms with Gasteiger partial charge >= 0.3 is 221 Å². The Kier molecular flexibility index (Phi) is 11.9. The summed E-state index contributed by atoms with van der Waals surface area (Å²) in [6, 6.07) is 5.20. The first-order chi connectivity index (χ1) is 17.9. The average molecular weight is 620 g/mol. The van der Waals surface area contributed by atoms with Crippen molar-refractivity contribution in [2.75, 3.05) is 7.11 Å². The summed E-state index contributed by atoms with van der Waals surface area (Å²) in [6.07, 6.45) is 16.8. The van der Waals surface area contributed by atoms with E-state index in [1.807, 2.05) is 0 Å². The van der Waals surface area contributed by atoms with E-state index in [-0.39, 0.29) is 11.5 Å². The summed E-state index contributed by atoms with van der Waals surface area (Å²) in [6.45, 7) is 13.5. The summed E-state index contributed by atoms with van der Waals surface area (Å²) in [4.78, 5) is 0. The van der Waals surface area contributed by atoms with Crippen LogP contribution in [0.25, 0.3) is 0 Å². The van der Waals surface area contributed by atoms with E-state index in [0.717, 1.165) is 19.4 Å². The van der Waals surface area contributed by atoms with Crippen LogP contribution in [0, 0.1) is 17.3 Å². The van der Waals surface area contributed by atoms with Crippen molar-refractivity contribution < 1.29 is 14.9 Å². The van der Waals surface area contributed by atoms with Crippen molar-refractivity contribution in [2.24, 2.45) is 17.3 Å². The van der Waals surface area contributed by atoms with Crippen molar-refractivity contribution in [2.45, 2.75) is 130 Å². The first-order valence-electron chi connectivity index (χ1n) is 15.5. The zero-order valence-corrected chi connectivity index (χ0v) is 27.5. The van der Waals surface area contributed by atoms with E-state index in [2.05, 4.69) is 46.4 Å². The molecule has 2 fully saturated rings. The Morgan fingerprint density at radius 3 is 2.16 bits per heavy atom. The quantitative estimate of drug-likeness (QED) is 0.184. The molecule has 4 heteroatoms. The second-order valence-corrected chi connectivity index (χ2v) is 25.6. The van der Waals surface area contributed by atoms with Crippen molar-refractivity contribution in [3.8, 4) is 5.75 Å². The van der Waals surface area contributed by atoms with Crippen LogP contribution in [-0.2, 0) is 6.42 Å². The average Bonchev–Trinajstić information content (AvgIpc) is 3.23. The van der Waals surface area contributed by atoms with Crippen LogP contribution in [0.5, 0.6) is 5.75 Å². The number of hydrogen-bond donors (Lipinski definition) is 2. The van der Waals surface area contributed by atoms with Gasteiger partial charge in [0.2, 0.25) is 0 Å². The summed E-state index contributed by atoms with van der Waals surface area (Å²) in [5.41, 5.74) is 3.39. The fraction of sp³-hybridized carbons (Fsp3) is 0.758. The summed E-state index contributed by atoms with van der Waals surface area (Å²) in [7, 11) is 1.00. The Bertz CT molecular complexity index is 846. The minimum atomic E-state index is -2.67. The molecule has 0 radical (unpaired) electrons. The van der Waals surface area contributed by atoms with E-state index in [9.17, 15) is 5.11 Å². The van der Waals surface area contributed by atoms with E-state index in [1.165, 1.54) is 89.7 Å². The maximum absolute atomic E-state index is 10.8. The molecule has 2 saturated carbocycles. The number of benzene rings is 1. The first kappa shape index (κ1) is 31.0. The third-order valence-electron chi connectivity index (χ3n) is 10.6. The number of aryl methyl sites for hydroxylation is 1. The van der Waals surface area contributed by atoms with E-state index >= 15 is 0 Å². The molecule has 4 rings (SSSR count). The number of ether oxygens (including phenoxy) is 1. The monoisotopic (exact) mass is 620 g/mol. The van der Waals surface area contributed by atoms with Crippen LogP contribution < -0.4 is 8.32 Å². The largest absolute Gasteiger partial charge is 0.400 e. The predicted molar refractivity (Wildman–Crippen MR) is 161 cm³/mol. The van der Waals surface area contributed by atoms with E-state index < -0.39 is 18.4 Å². The summed E-state index contributed by atoms with van der Waals surface area (Å²) < 4.78 is 12.4. The minimum absolute atomic E-state index is 0.0882. The number of unbranched alkanes of at least 4 members (excludes halogenated alkanes) is 3. The van der Waals surface area contributed by atoms with Crippen molar-refractivity contribution in [3.63, 3.8) is 0 Å². The van der Waals surface area contributed by atoms with Crippen molar-refractivity contribution >= 4 is 22.0 Å². The molecule has 37 heavy (non-hydrogen) atoms. The molecular formula is C33H56O3Sn. The Morgan fingerprint density at radius 2 is 1.59 bits per heavy atom. The molecule has 210 valence electrons. The molecule has 0 unspecified atom stereocenters. The molecule has 0 saturated heterocycles. The fourth-order valence-electron chi connectivity index (χ4n) is 8.50. The number of aliphatic hydroxyl groups excluding tert-OH is 2. The van der Waals surface area contributed by atoms with Crippen molar-refractivity contribution in [3.05, 3.63) is 36.1 Å². The molecule has 0 bridgehead atoms. The molecule has 1 aromatic rings. The van der Waals surface area contributed by atoms with Crippen LogP contribution in [0.3, 0.4) is 0 Å². The van der Waals surface area contributed by atoms with Gasteiger partial charge < -0.3 is 5.11 Å². The Hall–Kier alpha value is -0.521. The first-order valence-corrected chi connectivity index (χ1v) is 23.0. The third kappa shape index (κ3) is 6.30. The SMILES string of the molecule is C=COc1cc2c(c[c]1[Sn]([CH2]CCC)([CH2]CCC)[CH2]CCC)[C@H]1CC[C@]3(C)[C@H](O)CC[C@H]3[C@@H]1CC2.CO. The van der Waals surface area contributed by atoms with Gasteiger partial charge in [0.05, 0.1) is 0 Å². The zero-order chi connectivity index (χ0) is 27.1. The van der Waals surface area contributed by atoms with E-state index in [0.29, 0.717) is 11.8 Å². The van der Waals surface area contributed by atoms with Gasteiger partial charge in [0.1, 0.15) is 0 Å². The van der Waals surface area contributed by atoms with Gasteiger partial charge in [-0.05, 0) is 0 Å². The molecule has 3 nitrogen and oxygen atoms in total. The summed E-state index contributed by atoms with van der Waals surface area (Å²) in [5.74, 6) is 3.31. The number of hydrogen-bond acceptors (Lipinski definition) is 3. The van der Waals surface area contributed by atoms with Crippen LogP contribution >= 0.6 is 0 Å². The van der Waals surface area contributed by atoms with Crippen molar-refractivity contribution in [1.82, 2.24) is 0 Å². The van der Waals surface area contributed by atoms with Crippen LogP contribution in [-0.4, -0.2) is 41.8 Å². The Morgan fingerprint density at radius 1 is 0.973 bits per heavy atom. The molecule has 0 amide bonds. The molecule has 0 aliphatic heterocycles. The van der Waals surface area contributed by atoms with Gasteiger partial charge in [0.15, 0.2) is 0 Å².